The van der Waals surface area contributed by atoms with Crippen molar-refractivity contribution in [2.24, 2.45) is 5.92 Å². The summed E-state index contributed by atoms with van der Waals surface area (Å²) in [5.74, 6) is 0.436. The van der Waals surface area contributed by atoms with Gasteiger partial charge < -0.3 is 14.1 Å². The third kappa shape index (κ3) is 4.45. The fourth-order valence-electron chi connectivity index (χ4n) is 4.85. The van der Waals surface area contributed by atoms with Gasteiger partial charge in [0.05, 0.1) is 35.1 Å². The van der Waals surface area contributed by atoms with Crippen LogP contribution in [0.15, 0.2) is 51.7 Å². The Labute approximate surface area is 208 Å². The lowest BCUT2D eigenvalue weighted by Crippen LogP contribution is -2.40. The summed E-state index contributed by atoms with van der Waals surface area (Å²) in [4.78, 5) is 28.8. The summed E-state index contributed by atoms with van der Waals surface area (Å²) in [5, 5.41) is 0.657. The second kappa shape index (κ2) is 8.99. The summed E-state index contributed by atoms with van der Waals surface area (Å²) < 4.78 is 36.4. The molecular formula is C26H26ClNO6S. The van der Waals surface area contributed by atoms with Crippen molar-refractivity contribution in [3.05, 3.63) is 74.6 Å². The molecule has 3 heterocycles. The highest BCUT2D eigenvalue weighted by molar-refractivity contribution is 7.91. The molecule has 0 radical (unpaired) electrons. The van der Waals surface area contributed by atoms with Crippen LogP contribution in [0.3, 0.4) is 0 Å². The van der Waals surface area contributed by atoms with E-state index in [9.17, 15) is 18.0 Å². The van der Waals surface area contributed by atoms with Gasteiger partial charge >= 0.3 is 0 Å². The number of ether oxygens (including phenoxy) is 1. The van der Waals surface area contributed by atoms with Gasteiger partial charge in [0.15, 0.2) is 15.3 Å². The first kappa shape index (κ1) is 23.9. The highest BCUT2D eigenvalue weighted by Crippen LogP contribution is 2.42. The molecule has 184 valence electrons. The van der Waals surface area contributed by atoms with Gasteiger partial charge in [0.2, 0.25) is 5.76 Å². The summed E-state index contributed by atoms with van der Waals surface area (Å²) in [5.41, 5.74) is 0.777. The van der Waals surface area contributed by atoms with Crippen molar-refractivity contribution in [2.45, 2.75) is 38.8 Å². The van der Waals surface area contributed by atoms with Crippen molar-refractivity contribution in [3.63, 3.8) is 0 Å². The molecule has 2 aliphatic rings. The molecule has 1 aromatic heterocycles. The molecule has 1 amide bonds. The Morgan fingerprint density at radius 1 is 1.17 bits per heavy atom. The number of rotatable bonds is 6. The minimum Gasteiger partial charge on any atom is -0.494 e. The monoisotopic (exact) mass is 515 g/mol. The van der Waals surface area contributed by atoms with Crippen LogP contribution in [0.4, 0.5) is 0 Å². The molecule has 2 aromatic carbocycles. The third-order valence-corrected chi connectivity index (χ3v) is 8.59. The first-order valence-electron chi connectivity index (χ1n) is 11.7. The maximum atomic E-state index is 13.7. The molecule has 0 N–H and O–H groups in total. The fourth-order valence-corrected chi connectivity index (χ4v) is 6.73. The zero-order chi connectivity index (χ0) is 24.9. The normalized spacial score (nSPS) is 21.1. The van der Waals surface area contributed by atoms with Crippen LogP contribution in [0.5, 0.6) is 5.75 Å². The molecule has 35 heavy (non-hydrogen) atoms. The van der Waals surface area contributed by atoms with E-state index in [-0.39, 0.29) is 39.2 Å². The van der Waals surface area contributed by atoms with E-state index in [1.807, 2.05) is 24.3 Å². The molecular weight excluding hydrogens is 490 g/mol. The van der Waals surface area contributed by atoms with Crippen molar-refractivity contribution in [1.29, 1.82) is 0 Å². The van der Waals surface area contributed by atoms with Crippen LogP contribution in [-0.2, 0) is 9.84 Å². The van der Waals surface area contributed by atoms with Crippen LogP contribution in [-0.4, -0.2) is 43.4 Å². The van der Waals surface area contributed by atoms with E-state index in [0.717, 1.165) is 6.42 Å². The van der Waals surface area contributed by atoms with E-state index in [1.165, 1.54) is 11.0 Å². The lowest BCUT2D eigenvalue weighted by atomic mass is 9.97. The highest BCUT2D eigenvalue weighted by atomic mass is 35.5. The van der Waals surface area contributed by atoms with Crippen molar-refractivity contribution in [1.82, 2.24) is 4.90 Å². The molecule has 2 aliphatic heterocycles. The van der Waals surface area contributed by atoms with Gasteiger partial charge in [-0.1, -0.05) is 37.6 Å². The Morgan fingerprint density at radius 2 is 1.97 bits per heavy atom. The molecule has 1 saturated heterocycles. The fraction of sp³-hybridized carbons (Fsp3) is 0.385. The molecule has 3 aromatic rings. The number of carbonyl (C=O) groups excluding carboxylic acids is 1. The van der Waals surface area contributed by atoms with E-state index in [2.05, 4.69) is 13.8 Å². The van der Waals surface area contributed by atoms with Gasteiger partial charge in [-0.15, -0.1) is 0 Å². The Balaban J connectivity index is 1.65. The number of hydrogen-bond donors (Lipinski definition) is 0. The van der Waals surface area contributed by atoms with Gasteiger partial charge in [-0.25, -0.2) is 8.42 Å². The number of sulfone groups is 1. The van der Waals surface area contributed by atoms with Crippen LogP contribution >= 0.6 is 11.6 Å². The van der Waals surface area contributed by atoms with Gasteiger partial charge in [0.1, 0.15) is 11.3 Å². The van der Waals surface area contributed by atoms with E-state index in [1.54, 1.807) is 12.1 Å². The summed E-state index contributed by atoms with van der Waals surface area (Å²) in [6.45, 7) is 4.77. The van der Waals surface area contributed by atoms with Gasteiger partial charge in [-0.3, -0.25) is 9.59 Å². The van der Waals surface area contributed by atoms with E-state index in [0.29, 0.717) is 35.3 Å². The predicted molar refractivity (Wildman–Crippen MR) is 134 cm³/mol. The SMILES string of the molecule is CC(C)CCOc1cccc(C2c3c(oc4ccc(Cl)cc4c3=O)C(=O)N2C2CCS(=O)(=O)C2)c1. The molecule has 7 nitrogen and oxygen atoms in total. The highest BCUT2D eigenvalue weighted by Gasteiger charge is 2.48. The van der Waals surface area contributed by atoms with E-state index >= 15 is 0 Å². The first-order valence-corrected chi connectivity index (χ1v) is 13.9. The lowest BCUT2D eigenvalue weighted by Gasteiger charge is -2.30. The first-order chi connectivity index (χ1) is 16.6. The summed E-state index contributed by atoms with van der Waals surface area (Å²) in [6.07, 6.45) is 1.19. The molecule has 0 saturated carbocycles. The van der Waals surface area contributed by atoms with Gasteiger partial charge in [-0.2, -0.15) is 0 Å². The lowest BCUT2D eigenvalue weighted by molar-refractivity contribution is 0.0662. The van der Waals surface area contributed by atoms with Gasteiger partial charge in [-0.05, 0) is 54.7 Å². The maximum absolute atomic E-state index is 13.7. The number of carbonyl (C=O) groups is 1. The van der Waals surface area contributed by atoms with Crippen LogP contribution in [0.2, 0.25) is 5.02 Å². The van der Waals surface area contributed by atoms with Crippen LogP contribution in [0, 0.1) is 5.92 Å². The Bertz CT molecular complexity index is 1480. The smallest absolute Gasteiger partial charge is 0.291 e. The second-order valence-electron chi connectivity index (χ2n) is 9.59. The molecule has 0 aliphatic carbocycles. The molecule has 0 bridgehead atoms. The average Bonchev–Trinajstić information content (AvgIpc) is 3.31. The summed E-state index contributed by atoms with van der Waals surface area (Å²) >= 11 is 6.14. The largest absolute Gasteiger partial charge is 0.494 e. The number of fused-ring (bicyclic) bond motifs is 2. The van der Waals surface area contributed by atoms with Crippen LogP contribution < -0.4 is 10.2 Å². The number of nitrogens with zero attached hydrogens (tertiary/aromatic N) is 1. The number of halogens is 1. The maximum Gasteiger partial charge on any atom is 0.291 e. The van der Waals surface area contributed by atoms with E-state index in [4.69, 9.17) is 20.8 Å². The van der Waals surface area contributed by atoms with Gasteiger partial charge in [0.25, 0.3) is 5.91 Å². The van der Waals surface area contributed by atoms with Crippen LogP contribution in [0.1, 0.15) is 54.4 Å². The number of hydrogen-bond acceptors (Lipinski definition) is 6. The topological polar surface area (TPSA) is 93.9 Å². The summed E-state index contributed by atoms with van der Waals surface area (Å²) in [6, 6.07) is 10.6. The zero-order valence-corrected chi connectivity index (χ0v) is 21.1. The standard InChI is InChI=1S/C26H26ClNO6S/c1-15(2)8-10-33-19-5-3-4-16(12-19)23-22-24(29)20-13-17(27)6-7-21(20)34-25(22)26(30)28(23)18-9-11-35(31,32)14-18/h3-7,12-13,15,18,23H,8-11,14H2,1-2H3. The number of benzene rings is 2. The number of amides is 1. The van der Waals surface area contributed by atoms with Crippen molar-refractivity contribution >= 4 is 38.3 Å². The van der Waals surface area contributed by atoms with E-state index < -0.39 is 27.8 Å². The minimum absolute atomic E-state index is 0.00181. The minimum atomic E-state index is -3.28. The molecule has 2 unspecified atom stereocenters. The Kier molecular flexibility index (Phi) is 6.13. The summed E-state index contributed by atoms with van der Waals surface area (Å²) in [7, 11) is -3.28. The van der Waals surface area contributed by atoms with Crippen molar-refractivity contribution in [3.8, 4) is 5.75 Å². The predicted octanol–water partition coefficient (Wildman–Crippen LogP) is 4.60. The average molecular weight is 516 g/mol. The van der Waals surface area contributed by atoms with Crippen LogP contribution in [0.25, 0.3) is 11.0 Å². The van der Waals surface area contributed by atoms with Crippen molar-refractivity contribution < 1.29 is 22.4 Å². The molecule has 1 fully saturated rings. The van der Waals surface area contributed by atoms with Gasteiger partial charge in [0, 0.05) is 11.1 Å². The zero-order valence-electron chi connectivity index (χ0n) is 19.5. The Hall–Kier alpha value is -2.84. The molecule has 5 rings (SSSR count). The van der Waals surface area contributed by atoms with Crippen molar-refractivity contribution in [2.75, 3.05) is 18.1 Å². The molecule has 9 heteroatoms. The Morgan fingerprint density at radius 3 is 2.69 bits per heavy atom. The molecule has 2 atom stereocenters. The quantitative estimate of drug-likeness (QED) is 0.476. The third-order valence-electron chi connectivity index (χ3n) is 6.61. The molecule has 0 spiro atoms. The second-order valence-corrected chi connectivity index (χ2v) is 12.3.